The lowest BCUT2D eigenvalue weighted by molar-refractivity contribution is 0.290. The van der Waals surface area contributed by atoms with E-state index >= 15 is 0 Å². The summed E-state index contributed by atoms with van der Waals surface area (Å²) in [4.78, 5) is 2.40. The van der Waals surface area contributed by atoms with E-state index in [4.69, 9.17) is 12.2 Å². The van der Waals surface area contributed by atoms with E-state index in [1.54, 1.807) is 4.68 Å². The third-order valence-corrected chi connectivity index (χ3v) is 4.98. The highest BCUT2D eigenvalue weighted by Crippen LogP contribution is 2.20. The lowest BCUT2D eigenvalue weighted by Gasteiger charge is -2.17. The first-order valence-corrected chi connectivity index (χ1v) is 9.54. The van der Waals surface area contributed by atoms with Crippen molar-refractivity contribution in [1.82, 2.24) is 24.7 Å². The Kier molecular flexibility index (Phi) is 6.30. The smallest absolute Gasteiger partial charge is 0.220 e. The van der Waals surface area contributed by atoms with Crippen molar-refractivity contribution in [2.75, 3.05) is 19.6 Å². The molecule has 2 aromatic carbocycles. The number of aromatic nitrogens is 4. The maximum Gasteiger partial charge on any atom is 0.220 e. The van der Waals surface area contributed by atoms with Crippen LogP contribution < -0.4 is 0 Å². The Morgan fingerprint density at radius 1 is 0.885 bits per heavy atom. The molecule has 0 spiro atoms. The molecule has 1 heterocycles. The summed E-state index contributed by atoms with van der Waals surface area (Å²) in [5.41, 5.74) is 3.31. The van der Waals surface area contributed by atoms with Gasteiger partial charge in [-0.15, -0.1) is 0 Å². The molecule has 26 heavy (non-hydrogen) atoms. The summed E-state index contributed by atoms with van der Waals surface area (Å²) in [7, 11) is 0. The van der Waals surface area contributed by atoms with Crippen LogP contribution in [0.2, 0.25) is 0 Å². The Hall–Kier alpha value is -2.31. The van der Waals surface area contributed by atoms with Gasteiger partial charge in [-0.3, -0.25) is 0 Å². The van der Waals surface area contributed by atoms with Gasteiger partial charge in [0.1, 0.15) is 0 Å². The third kappa shape index (κ3) is 4.26. The predicted molar refractivity (Wildman–Crippen MR) is 108 cm³/mol. The molecule has 1 aromatic heterocycles. The van der Waals surface area contributed by atoms with Gasteiger partial charge in [-0.2, -0.15) is 4.68 Å². The second-order valence-corrected chi connectivity index (χ2v) is 6.55. The minimum Gasteiger partial charge on any atom is -0.304 e. The highest BCUT2D eigenvalue weighted by molar-refractivity contribution is 7.71. The first-order chi connectivity index (χ1) is 12.7. The number of tetrazole rings is 1. The zero-order valence-corrected chi connectivity index (χ0v) is 16.2. The van der Waals surface area contributed by atoms with Gasteiger partial charge < -0.3 is 4.90 Å². The lowest BCUT2D eigenvalue weighted by atomic mass is 10.1. The Balaban J connectivity index is 1.70. The molecule has 0 N–H and O–H groups in total. The molecule has 3 rings (SSSR count). The van der Waals surface area contributed by atoms with Crippen molar-refractivity contribution >= 4 is 12.2 Å². The molecule has 136 valence electrons. The summed E-state index contributed by atoms with van der Waals surface area (Å²) < 4.78 is 4.17. The van der Waals surface area contributed by atoms with E-state index in [0.717, 1.165) is 38.3 Å². The molecule has 5 nitrogen and oxygen atoms in total. The minimum atomic E-state index is 0.636. The van der Waals surface area contributed by atoms with E-state index in [9.17, 15) is 0 Å². The van der Waals surface area contributed by atoms with Crippen molar-refractivity contribution in [3.05, 3.63) is 59.4 Å². The summed E-state index contributed by atoms with van der Waals surface area (Å²) >= 11 is 5.56. The molecule has 0 saturated heterocycles. The van der Waals surface area contributed by atoms with Crippen molar-refractivity contribution in [3.63, 3.8) is 0 Å². The van der Waals surface area contributed by atoms with E-state index in [0.29, 0.717) is 4.77 Å². The quantitative estimate of drug-likeness (QED) is 0.560. The standard InChI is InChI=1S/C20H25N5S/c1-3-23(4-2)15-8-16-24-20(26)25(22-21-24)19-13-11-18(12-14-19)17-9-6-5-7-10-17/h5-7,9-14H,3-4,8,15-16H2,1-2H3. The number of rotatable bonds is 8. The van der Waals surface area contributed by atoms with Crippen LogP contribution in [-0.4, -0.2) is 44.3 Å². The summed E-state index contributed by atoms with van der Waals surface area (Å²) in [6.45, 7) is 8.35. The van der Waals surface area contributed by atoms with Crippen LogP contribution in [0.3, 0.4) is 0 Å². The molecule has 0 saturated carbocycles. The first-order valence-electron chi connectivity index (χ1n) is 9.14. The molecular weight excluding hydrogens is 342 g/mol. The Morgan fingerprint density at radius 3 is 2.19 bits per heavy atom. The van der Waals surface area contributed by atoms with Gasteiger partial charge in [0, 0.05) is 6.54 Å². The maximum atomic E-state index is 5.56. The molecule has 0 fully saturated rings. The van der Waals surface area contributed by atoms with Gasteiger partial charge in [0.25, 0.3) is 0 Å². The Labute approximate surface area is 159 Å². The molecule has 0 radical (unpaired) electrons. The second kappa shape index (κ2) is 8.87. The van der Waals surface area contributed by atoms with Gasteiger partial charge in [0.2, 0.25) is 4.77 Å². The SMILES string of the molecule is CCN(CC)CCCn1nnn(-c2ccc(-c3ccccc3)cc2)c1=S. The number of nitrogens with zero attached hydrogens (tertiary/aromatic N) is 5. The van der Waals surface area contributed by atoms with Crippen molar-refractivity contribution < 1.29 is 0 Å². The van der Waals surface area contributed by atoms with Crippen molar-refractivity contribution in [3.8, 4) is 16.8 Å². The monoisotopic (exact) mass is 367 g/mol. The summed E-state index contributed by atoms with van der Waals surface area (Å²) in [5, 5.41) is 8.47. The van der Waals surface area contributed by atoms with Crippen LogP contribution in [0.1, 0.15) is 20.3 Å². The molecule has 0 bridgehead atoms. The maximum absolute atomic E-state index is 5.56. The summed E-state index contributed by atoms with van der Waals surface area (Å²) in [6, 6.07) is 18.6. The van der Waals surface area contributed by atoms with Gasteiger partial charge >= 0.3 is 0 Å². The van der Waals surface area contributed by atoms with E-state index in [2.05, 4.69) is 53.4 Å². The Bertz CT molecular complexity index is 863. The topological polar surface area (TPSA) is 38.9 Å². The average Bonchev–Trinajstić information content (AvgIpc) is 3.06. The summed E-state index contributed by atoms with van der Waals surface area (Å²) in [5.74, 6) is 0. The van der Waals surface area contributed by atoms with Crippen LogP contribution in [0, 0.1) is 4.77 Å². The second-order valence-electron chi connectivity index (χ2n) is 6.19. The van der Waals surface area contributed by atoms with Crippen molar-refractivity contribution in [2.45, 2.75) is 26.8 Å². The molecule has 0 aliphatic heterocycles. The van der Waals surface area contributed by atoms with E-state index < -0.39 is 0 Å². The number of benzene rings is 2. The van der Waals surface area contributed by atoms with Crippen LogP contribution >= 0.6 is 12.2 Å². The fraction of sp³-hybridized carbons (Fsp3) is 0.350. The predicted octanol–water partition coefficient (Wildman–Crippen LogP) is 4.20. The highest BCUT2D eigenvalue weighted by Gasteiger charge is 2.07. The van der Waals surface area contributed by atoms with E-state index in [1.165, 1.54) is 11.1 Å². The van der Waals surface area contributed by atoms with Crippen LogP contribution in [0.4, 0.5) is 0 Å². The molecule has 0 amide bonds. The van der Waals surface area contributed by atoms with Crippen LogP contribution in [0.15, 0.2) is 54.6 Å². The first kappa shape index (κ1) is 18.5. The van der Waals surface area contributed by atoms with Crippen molar-refractivity contribution in [2.24, 2.45) is 0 Å². The van der Waals surface area contributed by atoms with Gasteiger partial charge in [-0.05, 0) is 72.0 Å². The molecule has 6 heteroatoms. The molecule has 3 aromatic rings. The van der Waals surface area contributed by atoms with Crippen molar-refractivity contribution in [1.29, 1.82) is 0 Å². The highest BCUT2D eigenvalue weighted by atomic mass is 32.1. The lowest BCUT2D eigenvalue weighted by Crippen LogP contribution is -2.25. The number of hydrogen-bond donors (Lipinski definition) is 0. The zero-order valence-electron chi connectivity index (χ0n) is 15.4. The molecule has 0 unspecified atom stereocenters. The van der Waals surface area contributed by atoms with Gasteiger partial charge in [0.15, 0.2) is 0 Å². The molecular formula is C20H25N5S. The molecule has 0 aliphatic rings. The minimum absolute atomic E-state index is 0.636. The van der Waals surface area contributed by atoms with E-state index in [-0.39, 0.29) is 0 Å². The Morgan fingerprint density at radius 2 is 1.54 bits per heavy atom. The van der Waals surface area contributed by atoms with Gasteiger partial charge in [0.05, 0.1) is 5.69 Å². The largest absolute Gasteiger partial charge is 0.304 e. The normalized spacial score (nSPS) is 11.2. The fourth-order valence-electron chi connectivity index (χ4n) is 2.99. The fourth-order valence-corrected chi connectivity index (χ4v) is 3.26. The molecule has 0 atom stereocenters. The number of aryl methyl sites for hydroxylation is 1. The van der Waals surface area contributed by atoms with Gasteiger partial charge in [-0.25, -0.2) is 4.68 Å². The average molecular weight is 368 g/mol. The summed E-state index contributed by atoms with van der Waals surface area (Å²) in [6.07, 6.45) is 1.02. The van der Waals surface area contributed by atoms with Gasteiger partial charge in [-0.1, -0.05) is 56.3 Å². The van der Waals surface area contributed by atoms with Crippen LogP contribution in [0.5, 0.6) is 0 Å². The third-order valence-electron chi connectivity index (χ3n) is 4.60. The van der Waals surface area contributed by atoms with Crippen LogP contribution in [0.25, 0.3) is 16.8 Å². The number of hydrogen-bond acceptors (Lipinski definition) is 4. The zero-order chi connectivity index (χ0) is 18.4. The molecule has 0 aliphatic carbocycles. The van der Waals surface area contributed by atoms with E-state index in [1.807, 2.05) is 35.0 Å². The van der Waals surface area contributed by atoms with Crippen LogP contribution in [-0.2, 0) is 6.54 Å².